The van der Waals surface area contributed by atoms with E-state index in [2.05, 4.69) is 4.74 Å². The number of nitrogens with one attached hydrogen (secondary N) is 1. The molecule has 1 aromatic carbocycles. The molecule has 1 fully saturated rings. The van der Waals surface area contributed by atoms with Crippen LogP contribution in [0.15, 0.2) is 0 Å². The minimum Gasteiger partial charge on any atom is -0.467 e. The Labute approximate surface area is 198 Å². The summed E-state index contributed by atoms with van der Waals surface area (Å²) in [6, 6.07) is 0. The van der Waals surface area contributed by atoms with Crippen LogP contribution in [0.25, 0.3) is 0 Å². The Kier molecular flexibility index (Phi) is 8.90. The summed E-state index contributed by atoms with van der Waals surface area (Å²) >= 11 is 0. The largest absolute Gasteiger partial charge is 0.467 e. The van der Waals surface area contributed by atoms with Crippen LogP contribution in [-0.2, 0) is 42.9 Å². The van der Waals surface area contributed by atoms with Gasteiger partial charge in [-0.3, -0.25) is 19.2 Å². The molecule has 0 spiro atoms. The van der Waals surface area contributed by atoms with Gasteiger partial charge in [-0.15, -0.1) is 0 Å². The zero-order valence-electron chi connectivity index (χ0n) is 18.9. The Morgan fingerprint density at radius 2 is 1.11 bits per heavy atom. The molecule has 2 rings (SSSR count). The summed E-state index contributed by atoms with van der Waals surface area (Å²) < 4.78 is 93.5. The first kappa shape index (κ1) is 28.4. The second-order valence-corrected chi connectivity index (χ2v) is 7.14. The van der Waals surface area contributed by atoms with Crippen molar-refractivity contribution in [2.45, 2.75) is 51.4 Å². The van der Waals surface area contributed by atoms with Crippen LogP contribution in [0.3, 0.4) is 0 Å². The van der Waals surface area contributed by atoms with Gasteiger partial charge in [-0.25, -0.2) is 26.7 Å². The summed E-state index contributed by atoms with van der Waals surface area (Å²) in [4.78, 5) is 59.9. The minimum absolute atomic E-state index is 0.848. The summed E-state index contributed by atoms with van der Waals surface area (Å²) in [6.45, 7) is 2.62. The normalized spacial score (nSPS) is 23.3. The first-order valence-electron chi connectivity index (χ1n) is 9.78. The van der Waals surface area contributed by atoms with E-state index in [9.17, 15) is 45.9 Å². The van der Waals surface area contributed by atoms with Crippen LogP contribution < -0.4 is 5.32 Å². The van der Waals surface area contributed by atoms with E-state index < -0.39 is 95.1 Å². The summed E-state index contributed by atoms with van der Waals surface area (Å²) in [5, 5.41) is 1.72. The van der Waals surface area contributed by atoms with Crippen molar-refractivity contribution in [1.29, 1.82) is 0 Å². The molecule has 1 aromatic rings. The van der Waals surface area contributed by atoms with Gasteiger partial charge in [-0.05, 0) is 0 Å². The standard InChI is InChI=1S/C20H18F5NO10/c1-5(27)33-14-15(34-6(2)28)17(20(31)32-4)36-19(16(14)35-7(3)29)26-18(30)8-9(21)11(23)13(25)12(24)10(8)22/h14-17,19H,1-4H3,(H,26,30)/t14-,15-,16+,17-,19+/m0/s1. The van der Waals surface area contributed by atoms with Crippen molar-refractivity contribution in [2.24, 2.45) is 0 Å². The molecule has 0 radical (unpaired) electrons. The number of ether oxygens (including phenoxy) is 5. The molecule has 1 heterocycles. The molecule has 0 aromatic heterocycles. The summed E-state index contributed by atoms with van der Waals surface area (Å²) in [5.41, 5.74) is -1.93. The maximum atomic E-state index is 14.1. The van der Waals surface area contributed by atoms with E-state index in [1.807, 2.05) is 0 Å². The van der Waals surface area contributed by atoms with Crippen molar-refractivity contribution in [3.05, 3.63) is 34.6 Å². The Morgan fingerprint density at radius 1 is 0.694 bits per heavy atom. The fraction of sp³-hybridized carbons (Fsp3) is 0.450. The number of benzene rings is 1. The zero-order valence-corrected chi connectivity index (χ0v) is 18.9. The Hall–Kier alpha value is -3.82. The number of methoxy groups -OCH3 is 1. The zero-order chi connectivity index (χ0) is 27.5. The van der Waals surface area contributed by atoms with Crippen molar-refractivity contribution >= 4 is 29.8 Å². The van der Waals surface area contributed by atoms with Crippen molar-refractivity contribution in [2.75, 3.05) is 7.11 Å². The summed E-state index contributed by atoms with van der Waals surface area (Å²) in [5.74, 6) is -18.8. The Morgan fingerprint density at radius 3 is 1.56 bits per heavy atom. The molecule has 11 nitrogen and oxygen atoms in total. The van der Waals surface area contributed by atoms with Crippen LogP contribution >= 0.6 is 0 Å². The lowest BCUT2D eigenvalue weighted by molar-refractivity contribution is -0.251. The van der Waals surface area contributed by atoms with Crippen LogP contribution in [-0.4, -0.2) is 67.5 Å². The summed E-state index contributed by atoms with van der Waals surface area (Å²) in [7, 11) is 0.873. The maximum absolute atomic E-state index is 14.1. The van der Waals surface area contributed by atoms with Crippen LogP contribution in [0.1, 0.15) is 31.1 Å². The molecule has 1 aliphatic heterocycles. The average molecular weight is 527 g/mol. The number of hydrogen-bond acceptors (Lipinski definition) is 10. The highest BCUT2D eigenvalue weighted by atomic mass is 19.2. The average Bonchev–Trinajstić information content (AvgIpc) is 2.78. The van der Waals surface area contributed by atoms with Crippen molar-refractivity contribution in [1.82, 2.24) is 5.32 Å². The van der Waals surface area contributed by atoms with Gasteiger partial charge in [0, 0.05) is 20.8 Å². The fourth-order valence-corrected chi connectivity index (χ4v) is 3.24. The van der Waals surface area contributed by atoms with E-state index in [1.165, 1.54) is 0 Å². The molecular formula is C20H18F5NO10. The van der Waals surface area contributed by atoms with E-state index in [0.29, 0.717) is 0 Å². The maximum Gasteiger partial charge on any atom is 0.339 e. The van der Waals surface area contributed by atoms with Crippen LogP contribution in [0, 0.1) is 29.1 Å². The lowest BCUT2D eigenvalue weighted by atomic mass is 9.96. The van der Waals surface area contributed by atoms with Gasteiger partial charge in [0.05, 0.1) is 7.11 Å². The van der Waals surface area contributed by atoms with Gasteiger partial charge in [0.25, 0.3) is 5.91 Å². The second kappa shape index (κ2) is 11.3. The third-order valence-electron chi connectivity index (χ3n) is 4.59. The van der Waals surface area contributed by atoms with Crippen LogP contribution in [0.2, 0.25) is 0 Å². The van der Waals surface area contributed by atoms with Crippen LogP contribution in [0.5, 0.6) is 0 Å². The molecule has 0 saturated carbocycles. The molecule has 198 valence electrons. The molecule has 0 unspecified atom stereocenters. The highest BCUT2D eigenvalue weighted by Crippen LogP contribution is 2.30. The Balaban J connectivity index is 2.60. The minimum atomic E-state index is -2.53. The monoisotopic (exact) mass is 527 g/mol. The van der Waals surface area contributed by atoms with Gasteiger partial charge < -0.3 is 29.0 Å². The number of halogens is 5. The number of rotatable bonds is 6. The van der Waals surface area contributed by atoms with E-state index in [0.717, 1.165) is 27.9 Å². The van der Waals surface area contributed by atoms with Gasteiger partial charge in [0.15, 0.2) is 53.9 Å². The predicted molar refractivity (Wildman–Crippen MR) is 101 cm³/mol. The van der Waals surface area contributed by atoms with Crippen molar-refractivity contribution in [3.63, 3.8) is 0 Å². The quantitative estimate of drug-likeness (QED) is 0.186. The smallest absolute Gasteiger partial charge is 0.339 e. The molecule has 1 N–H and O–H groups in total. The molecular weight excluding hydrogens is 509 g/mol. The van der Waals surface area contributed by atoms with E-state index in [4.69, 9.17) is 18.9 Å². The molecule has 16 heteroatoms. The SMILES string of the molecule is COC(=O)[C@H]1O[C@@H](NC(=O)c2c(F)c(F)c(F)c(F)c2F)[C@H](OC(C)=O)[C@@H](OC(C)=O)[C@@H]1OC(C)=O. The molecule has 1 amide bonds. The van der Waals surface area contributed by atoms with E-state index in [-0.39, 0.29) is 0 Å². The fourth-order valence-electron chi connectivity index (χ4n) is 3.24. The molecule has 36 heavy (non-hydrogen) atoms. The van der Waals surface area contributed by atoms with Gasteiger partial charge in [-0.1, -0.05) is 0 Å². The lowest BCUT2D eigenvalue weighted by Gasteiger charge is -2.43. The topological polar surface area (TPSA) is 144 Å². The second-order valence-electron chi connectivity index (χ2n) is 7.14. The molecule has 1 saturated heterocycles. The number of hydrogen-bond donors (Lipinski definition) is 1. The lowest BCUT2D eigenvalue weighted by Crippen LogP contribution is -2.67. The van der Waals surface area contributed by atoms with Crippen molar-refractivity contribution < 1.29 is 69.6 Å². The van der Waals surface area contributed by atoms with E-state index >= 15 is 0 Å². The molecule has 1 aliphatic rings. The number of esters is 4. The highest BCUT2D eigenvalue weighted by molar-refractivity contribution is 5.95. The molecule has 5 atom stereocenters. The van der Waals surface area contributed by atoms with Crippen LogP contribution in [0.4, 0.5) is 22.0 Å². The Bertz CT molecular complexity index is 1070. The number of amides is 1. The number of carbonyl (C=O) groups is 5. The van der Waals surface area contributed by atoms with Gasteiger partial charge >= 0.3 is 23.9 Å². The first-order valence-corrected chi connectivity index (χ1v) is 9.78. The highest BCUT2D eigenvalue weighted by Gasteiger charge is 2.55. The van der Waals surface area contributed by atoms with Gasteiger partial charge in [-0.2, -0.15) is 0 Å². The third-order valence-corrected chi connectivity index (χ3v) is 4.59. The van der Waals surface area contributed by atoms with Gasteiger partial charge in [0.2, 0.25) is 5.82 Å². The predicted octanol–water partition coefficient (Wildman–Crippen LogP) is 0.805. The van der Waals surface area contributed by atoms with Crippen molar-refractivity contribution in [3.8, 4) is 0 Å². The van der Waals surface area contributed by atoms with E-state index in [1.54, 1.807) is 5.32 Å². The third kappa shape index (κ3) is 5.87. The van der Waals surface area contributed by atoms with Gasteiger partial charge in [0.1, 0.15) is 5.56 Å². The summed E-state index contributed by atoms with van der Waals surface area (Å²) in [6.07, 6.45) is -9.78. The molecule has 0 bridgehead atoms. The molecule has 0 aliphatic carbocycles. The number of carbonyl (C=O) groups excluding carboxylic acids is 5. The first-order chi connectivity index (χ1) is 16.7.